The standard InChI is InChI=1S/C18H15BrN2O2/c1-11-9-12(7-8-15(11)19)20-18(23)17(22)14-10-21(2)16-6-4-3-5-13(14)16/h3-10H,1-2H3,(H,20,23). The van der Waals surface area contributed by atoms with Crippen molar-refractivity contribution < 1.29 is 9.59 Å². The van der Waals surface area contributed by atoms with Crippen molar-refractivity contribution in [1.29, 1.82) is 0 Å². The smallest absolute Gasteiger partial charge is 0.296 e. The Morgan fingerprint density at radius 3 is 2.61 bits per heavy atom. The summed E-state index contributed by atoms with van der Waals surface area (Å²) >= 11 is 3.41. The number of benzene rings is 2. The van der Waals surface area contributed by atoms with Crippen LogP contribution in [0.2, 0.25) is 0 Å². The Morgan fingerprint density at radius 1 is 1.13 bits per heavy atom. The quantitative estimate of drug-likeness (QED) is 0.557. The lowest BCUT2D eigenvalue weighted by atomic mass is 10.1. The number of carbonyl (C=O) groups excluding carboxylic acids is 2. The number of carbonyl (C=O) groups is 2. The van der Waals surface area contributed by atoms with Gasteiger partial charge in [-0.15, -0.1) is 0 Å². The molecule has 1 N–H and O–H groups in total. The van der Waals surface area contributed by atoms with Crippen LogP contribution in [0.3, 0.4) is 0 Å². The van der Waals surface area contributed by atoms with Gasteiger partial charge in [-0.05, 0) is 36.8 Å². The third-order valence-electron chi connectivity index (χ3n) is 3.76. The molecule has 3 aromatic rings. The van der Waals surface area contributed by atoms with Crippen LogP contribution in [0.4, 0.5) is 5.69 Å². The second kappa shape index (κ2) is 6.01. The predicted octanol–water partition coefficient (Wildman–Crippen LogP) is 4.07. The molecule has 0 radical (unpaired) electrons. The number of nitrogens with one attached hydrogen (secondary N) is 1. The molecule has 0 aliphatic heterocycles. The number of aromatic nitrogens is 1. The van der Waals surface area contributed by atoms with Crippen molar-refractivity contribution >= 4 is 44.2 Å². The SMILES string of the molecule is Cc1cc(NC(=O)C(=O)c2cn(C)c3ccccc23)ccc1Br. The van der Waals surface area contributed by atoms with Gasteiger partial charge in [0.15, 0.2) is 0 Å². The normalized spacial score (nSPS) is 10.7. The lowest BCUT2D eigenvalue weighted by Crippen LogP contribution is -2.22. The minimum atomic E-state index is -0.636. The first kappa shape index (κ1) is 15.5. The Labute approximate surface area is 142 Å². The van der Waals surface area contributed by atoms with Crippen LogP contribution in [-0.4, -0.2) is 16.3 Å². The van der Waals surface area contributed by atoms with E-state index < -0.39 is 11.7 Å². The molecule has 1 aromatic heterocycles. The van der Waals surface area contributed by atoms with Crippen LogP contribution >= 0.6 is 15.9 Å². The van der Waals surface area contributed by atoms with Crippen molar-refractivity contribution in [3.05, 3.63) is 64.3 Å². The highest BCUT2D eigenvalue weighted by Crippen LogP contribution is 2.22. The second-order valence-corrected chi connectivity index (χ2v) is 6.27. The molecule has 0 unspecified atom stereocenters. The van der Waals surface area contributed by atoms with Gasteiger partial charge in [0.2, 0.25) is 0 Å². The first-order valence-electron chi connectivity index (χ1n) is 7.13. The summed E-state index contributed by atoms with van der Waals surface area (Å²) in [6.07, 6.45) is 1.69. The summed E-state index contributed by atoms with van der Waals surface area (Å²) in [6.45, 7) is 1.92. The van der Waals surface area contributed by atoms with E-state index in [0.717, 1.165) is 20.9 Å². The van der Waals surface area contributed by atoms with Gasteiger partial charge >= 0.3 is 0 Å². The van der Waals surface area contributed by atoms with Crippen LogP contribution in [0.15, 0.2) is 53.1 Å². The van der Waals surface area contributed by atoms with Crippen LogP contribution < -0.4 is 5.32 Å². The monoisotopic (exact) mass is 370 g/mol. The highest BCUT2D eigenvalue weighted by Gasteiger charge is 2.21. The van der Waals surface area contributed by atoms with Crippen molar-refractivity contribution in [2.45, 2.75) is 6.92 Å². The number of fused-ring (bicyclic) bond motifs is 1. The number of anilines is 1. The minimum absolute atomic E-state index is 0.412. The fourth-order valence-electron chi connectivity index (χ4n) is 2.56. The van der Waals surface area contributed by atoms with Gasteiger partial charge in [-0.25, -0.2) is 0 Å². The van der Waals surface area contributed by atoms with Crippen molar-refractivity contribution in [2.75, 3.05) is 5.32 Å². The van der Waals surface area contributed by atoms with Gasteiger partial charge in [-0.1, -0.05) is 34.1 Å². The molecule has 5 heteroatoms. The Balaban J connectivity index is 1.89. The lowest BCUT2D eigenvalue weighted by molar-refractivity contribution is -0.112. The molecule has 0 spiro atoms. The van der Waals surface area contributed by atoms with Gasteiger partial charge in [0, 0.05) is 34.3 Å². The van der Waals surface area contributed by atoms with E-state index >= 15 is 0 Å². The molecule has 116 valence electrons. The number of hydrogen-bond acceptors (Lipinski definition) is 2. The van der Waals surface area contributed by atoms with Crippen molar-refractivity contribution in [1.82, 2.24) is 4.57 Å². The summed E-state index contributed by atoms with van der Waals surface area (Å²) in [6, 6.07) is 12.9. The molecule has 0 aliphatic rings. The zero-order valence-corrected chi connectivity index (χ0v) is 14.3. The molecule has 4 nitrogen and oxygen atoms in total. The van der Waals surface area contributed by atoms with Gasteiger partial charge in [-0.2, -0.15) is 0 Å². The highest BCUT2D eigenvalue weighted by molar-refractivity contribution is 9.10. The van der Waals surface area contributed by atoms with Gasteiger partial charge in [0.25, 0.3) is 11.7 Å². The Morgan fingerprint density at radius 2 is 1.87 bits per heavy atom. The minimum Gasteiger partial charge on any atom is -0.350 e. The fraction of sp³-hybridized carbons (Fsp3) is 0.111. The molecular formula is C18H15BrN2O2. The van der Waals surface area contributed by atoms with E-state index in [1.54, 1.807) is 12.3 Å². The molecule has 2 aromatic carbocycles. The van der Waals surface area contributed by atoms with Gasteiger partial charge < -0.3 is 9.88 Å². The van der Waals surface area contributed by atoms with Gasteiger partial charge in [0.05, 0.1) is 5.56 Å². The van der Waals surface area contributed by atoms with Crippen LogP contribution in [0.25, 0.3) is 10.9 Å². The molecular weight excluding hydrogens is 356 g/mol. The molecule has 3 rings (SSSR count). The number of amides is 1. The number of ketones is 1. The first-order chi connectivity index (χ1) is 11.0. The maximum atomic E-state index is 12.5. The van der Waals surface area contributed by atoms with Crippen molar-refractivity contribution in [3.8, 4) is 0 Å². The largest absolute Gasteiger partial charge is 0.350 e. The van der Waals surface area contributed by atoms with Gasteiger partial charge in [-0.3, -0.25) is 9.59 Å². The van der Waals surface area contributed by atoms with Crippen LogP contribution in [0.5, 0.6) is 0 Å². The third kappa shape index (κ3) is 2.92. The maximum Gasteiger partial charge on any atom is 0.296 e. The van der Waals surface area contributed by atoms with Crippen LogP contribution in [-0.2, 0) is 11.8 Å². The second-order valence-electron chi connectivity index (χ2n) is 5.42. The number of para-hydroxylation sites is 1. The first-order valence-corrected chi connectivity index (χ1v) is 7.92. The number of rotatable bonds is 3. The fourth-order valence-corrected chi connectivity index (χ4v) is 2.80. The third-order valence-corrected chi connectivity index (χ3v) is 4.65. The Bertz CT molecular complexity index is 928. The summed E-state index contributed by atoms with van der Waals surface area (Å²) in [5.41, 5.74) is 2.92. The molecule has 1 amide bonds. The van der Waals surface area contributed by atoms with E-state index in [2.05, 4.69) is 21.2 Å². The molecule has 23 heavy (non-hydrogen) atoms. The summed E-state index contributed by atoms with van der Waals surface area (Å²) in [7, 11) is 1.86. The summed E-state index contributed by atoms with van der Waals surface area (Å²) in [4.78, 5) is 24.8. The van der Waals surface area contributed by atoms with Crippen molar-refractivity contribution in [3.63, 3.8) is 0 Å². The molecule has 0 atom stereocenters. The van der Waals surface area contributed by atoms with E-state index in [9.17, 15) is 9.59 Å². The molecule has 0 saturated heterocycles. The molecule has 0 aliphatic carbocycles. The van der Waals surface area contributed by atoms with E-state index in [4.69, 9.17) is 0 Å². The van der Waals surface area contributed by atoms with E-state index in [1.165, 1.54) is 0 Å². The number of nitrogens with zero attached hydrogens (tertiary/aromatic N) is 1. The van der Waals surface area contributed by atoms with E-state index in [0.29, 0.717) is 11.3 Å². The molecule has 0 fully saturated rings. The van der Waals surface area contributed by atoms with Crippen molar-refractivity contribution in [2.24, 2.45) is 7.05 Å². The number of aryl methyl sites for hydroxylation is 2. The summed E-state index contributed by atoms with van der Waals surface area (Å²) in [5.74, 6) is -1.18. The van der Waals surface area contributed by atoms with Crippen LogP contribution in [0, 0.1) is 6.92 Å². The lowest BCUT2D eigenvalue weighted by Gasteiger charge is -2.06. The molecule has 0 saturated carbocycles. The average molecular weight is 371 g/mol. The van der Waals surface area contributed by atoms with Crippen LogP contribution in [0.1, 0.15) is 15.9 Å². The zero-order chi connectivity index (χ0) is 16.6. The summed E-state index contributed by atoms with van der Waals surface area (Å²) in [5, 5.41) is 3.44. The predicted molar refractivity (Wildman–Crippen MR) is 94.8 cm³/mol. The number of Topliss-reactive ketones (excluding diaryl/α,β-unsaturated/α-hetero) is 1. The van der Waals surface area contributed by atoms with Gasteiger partial charge in [0.1, 0.15) is 0 Å². The number of halogens is 1. The topological polar surface area (TPSA) is 51.1 Å². The Hall–Kier alpha value is -2.40. The zero-order valence-electron chi connectivity index (χ0n) is 12.8. The van der Waals surface area contributed by atoms with E-state index in [1.807, 2.05) is 54.9 Å². The maximum absolute atomic E-state index is 12.5. The molecule has 0 bridgehead atoms. The average Bonchev–Trinajstić information content (AvgIpc) is 2.88. The molecule has 1 heterocycles. The van der Waals surface area contributed by atoms with E-state index in [-0.39, 0.29) is 0 Å². The highest BCUT2D eigenvalue weighted by atomic mass is 79.9. The number of hydrogen-bond donors (Lipinski definition) is 1. The summed E-state index contributed by atoms with van der Waals surface area (Å²) < 4.78 is 2.80. The Kier molecular flexibility index (Phi) is 4.05.